The van der Waals surface area contributed by atoms with Crippen LogP contribution in [0.3, 0.4) is 0 Å². The molecule has 3 rings (SSSR count). The zero-order valence-electron chi connectivity index (χ0n) is 14.6. The molecular weight excluding hydrogens is 340 g/mol. The lowest BCUT2D eigenvalue weighted by Gasteiger charge is -2.34. The number of anilines is 1. The lowest BCUT2D eigenvalue weighted by Crippen LogP contribution is -2.49. The summed E-state index contributed by atoms with van der Waals surface area (Å²) in [5.74, 6) is 1.15. The van der Waals surface area contributed by atoms with Crippen LogP contribution in [0.1, 0.15) is 11.3 Å². The molecule has 0 atom stereocenters. The molecule has 0 aliphatic carbocycles. The second-order valence-electron chi connectivity index (χ2n) is 6.08. The zero-order chi connectivity index (χ0) is 18.0. The maximum Gasteiger partial charge on any atom is 0.246 e. The maximum absolute atomic E-state index is 13.0. The van der Waals surface area contributed by atoms with Crippen LogP contribution < -0.4 is 9.64 Å². The summed E-state index contributed by atoms with van der Waals surface area (Å²) >= 11 is 0. The fourth-order valence-electron chi connectivity index (χ4n) is 2.84. The predicted molar refractivity (Wildman–Crippen MR) is 95.5 cm³/mol. The molecule has 0 saturated carbocycles. The number of rotatable bonds is 4. The van der Waals surface area contributed by atoms with Crippen molar-refractivity contribution < 1.29 is 13.2 Å². The topological polar surface area (TPSA) is 75.6 Å². The van der Waals surface area contributed by atoms with E-state index in [9.17, 15) is 8.42 Å². The minimum absolute atomic E-state index is 0.221. The molecule has 1 saturated heterocycles. The van der Waals surface area contributed by atoms with Crippen LogP contribution in [0, 0.1) is 13.8 Å². The second-order valence-corrected chi connectivity index (χ2v) is 7.98. The Morgan fingerprint density at radius 2 is 1.72 bits per heavy atom. The second kappa shape index (κ2) is 6.97. The van der Waals surface area contributed by atoms with Crippen LogP contribution in [0.15, 0.2) is 35.2 Å². The van der Waals surface area contributed by atoms with E-state index in [0.29, 0.717) is 31.9 Å². The fourth-order valence-corrected chi connectivity index (χ4v) is 4.51. The van der Waals surface area contributed by atoms with Crippen molar-refractivity contribution in [2.24, 2.45) is 0 Å². The van der Waals surface area contributed by atoms with Gasteiger partial charge in [-0.25, -0.2) is 8.42 Å². The van der Waals surface area contributed by atoms with Gasteiger partial charge in [-0.2, -0.15) is 9.40 Å². The summed E-state index contributed by atoms with van der Waals surface area (Å²) in [6.07, 6.45) is 0. The Balaban J connectivity index is 1.78. The highest BCUT2D eigenvalue weighted by Gasteiger charge is 2.31. The van der Waals surface area contributed by atoms with E-state index in [1.165, 1.54) is 11.4 Å². The van der Waals surface area contributed by atoms with E-state index in [1.807, 2.05) is 36.9 Å². The van der Waals surface area contributed by atoms with Gasteiger partial charge < -0.3 is 9.64 Å². The van der Waals surface area contributed by atoms with Crippen LogP contribution in [0.5, 0.6) is 5.75 Å². The molecule has 0 radical (unpaired) electrons. The number of hydrogen-bond donors (Lipinski definition) is 0. The Hall–Kier alpha value is -2.19. The van der Waals surface area contributed by atoms with Gasteiger partial charge in [-0.1, -0.05) is 6.07 Å². The molecule has 1 aliphatic heterocycles. The lowest BCUT2D eigenvalue weighted by atomic mass is 10.2. The molecule has 0 unspecified atom stereocenters. The molecule has 2 aromatic rings. The minimum Gasteiger partial charge on any atom is -0.495 e. The molecule has 2 heterocycles. The molecule has 0 amide bonds. The number of benzene rings is 1. The molecule has 1 aromatic heterocycles. The Bertz CT molecular complexity index is 845. The van der Waals surface area contributed by atoms with E-state index in [1.54, 1.807) is 12.1 Å². The Morgan fingerprint density at radius 1 is 1.00 bits per heavy atom. The van der Waals surface area contributed by atoms with E-state index >= 15 is 0 Å². The molecule has 0 N–H and O–H groups in total. The quantitative estimate of drug-likeness (QED) is 0.823. The smallest absolute Gasteiger partial charge is 0.246 e. The summed E-state index contributed by atoms with van der Waals surface area (Å²) < 4.78 is 32.8. The van der Waals surface area contributed by atoms with Gasteiger partial charge in [0.15, 0.2) is 5.82 Å². The van der Waals surface area contributed by atoms with Crippen LogP contribution in [0.25, 0.3) is 0 Å². The van der Waals surface area contributed by atoms with Gasteiger partial charge in [-0.15, -0.1) is 5.10 Å². The standard InChI is InChI=1S/C17H22N4O3S/c1-13-4-6-15(24-3)16(12-13)25(22,23)21-10-8-20(9-11-21)17-7-5-14(2)18-19-17/h4-7,12H,8-11H2,1-3H3. The van der Waals surface area contributed by atoms with Crippen LogP contribution in [-0.2, 0) is 10.0 Å². The van der Waals surface area contributed by atoms with Crippen molar-refractivity contribution in [3.8, 4) is 5.75 Å². The van der Waals surface area contributed by atoms with Crippen LogP contribution in [-0.4, -0.2) is 56.2 Å². The van der Waals surface area contributed by atoms with Crippen molar-refractivity contribution in [2.75, 3.05) is 38.2 Å². The number of aryl methyl sites for hydroxylation is 2. The third-order valence-electron chi connectivity index (χ3n) is 4.28. The van der Waals surface area contributed by atoms with E-state index in [4.69, 9.17) is 4.74 Å². The van der Waals surface area contributed by atoms with Gasteiger partial charge in [0.1, 0.15) is 10.6 Å². The van der Waals surface area contributed by atoms with Gasteiger partial charge in [0.25, 0.3) is 0 Å². The van der Waals surface area contributed by atoms with E-state index < -0.39 is 10.0 Å². The number of ether oxygens (including phenoxy) is 1. The summed E-state index contributed by atoms with van der Waals surface area (Å²) in [5, 5.41) is 8.24. The zero-order valence-corrected chi connectivity index (χ0v) is 15.5. The Morgan fingerprint density at radius 3 is 2.32 bits per heavy atom. The molecule has 134 valence electrons. The number of methoxy groups -OCH3 is 1. The van der Waals surface area contributed by atoms with E-state index in [2.05, 4.69) is 10.2 Å². The number of hydrogen-bond acceptors (Lipinski definition) is 6. The van der Waals surface area contributed by atoms with Crippen LogP contribution in [0.4, 0.5) is 5.82 Å². The lowest BCUT2D eigenvalue weighted by molar-refractivity contribution is 0.373. The molecular formula is C17H22N4O3S. The van der Waals surface area contributed by atoms with Gasteiger partial charge in [0.2, 0.25) is 10.0 Å². The SMILES string of the molecule is COc1ccc(C)cc1S(=O)(=O)N1CCN(c2ccc(C)nn2)CC1. The molecule has 1 fully saturated rings. The minimum atomic E-state index is -3.59. The third-order valence-corrected chi connectivity index (χ3v) is 6.20. The average Bonchev–Trinajstić information content (AvgIpc) is 2.62. The van der Waals surface area contributed by atoms with Crippen LogP contribution >= 0.6 is 0 Å². The summed E-state index contributed by atoms with van der Waals surface area (Å²) in [7, 11) is -2.11. The summed E-state index contributed by atoms with van der Waals surface area (Å²) in [6.45, 7) is 5.70. The first-order valence-corrected chi connectivity index (χ1v) is 9.56. The molecule has 1 aromatic carbocycles. The van der Waals surface area contributed by atoms with Crippen molar-refractivity contribution in [3.05, 3.63) is 41.6 Å². The first-order valence-electron chi connectivity index (χ1n) is 8.12. The highest BCUT2D eigenvalue weighted by molar-refractivity contribution is 7.89. The van der Waals surface area contributed by atoms with Gasteiger partial charge in [-0.3, -0.25) is 0 Å². The molecule has 1 aliphatic rings. The molecule has 0 spiro atoms. The first kappa shape index (κ1) is 17.6. The van der Waals surface area contributed by atoms with Crippen molar-refractivity contribution in [2.45, 2.75) is 18.7 Å². The maximum atomic E-state index is 13.0. The van der Waals surface area contributed by atoms with E-state index in [-0.39, 0.29) is 4.90 Å². The van der Waals surface area contributed by atoms with Gasteiger partial charge in [0, 0.05) is 26.2 Å². The molecule has 7 nitrogen and oxygen atoms in total. The van der Waals surface area contributed by atoms with Gasteiger partial charge in [0.05, 0.1) is 12.8 Å². The largest absolute Gasteiger partial charge is 0.495 e. The summed E-state index contributed by atoms with van der Waals surface area (Å²) in [5.41, 5.74) is 1.74. The average molecular weight is 362 g/mol. The van der Waals surface area contributed by atoms with E-state index in [0.717, 1.165) is 17.1 Å². The van der Waals surface area contributed by atoms with Crippen molar-refractivity contribution in [1.82, 2.24) is 14.5 Å². The Kier molecular flexibility index (Phi) is 4.91. The Labute approximate surface area is 148 Å². The number of piperazine rings is 1. The normalized spacial score (nSPS) is 16.0. The predicted octanol–water partition coefficient (Wildman–Crippen LogP) is 1.61. The number of aromatic nitrogens is 2. The summed E-state index contributed by atoms with van der Waals surface area (Å²) in [6, 6.07) is 9.01. The monoisotopic (exact) mass is 362 g/mol. The summed E-state index contributed by atoms with van der Waals surface area (Å²) in [4.78, 5) is 2.27. The van der Waals surface area contributed by atoms with Crippen LogP contribution in [0.2, 0.25) is 0 Å². The van der Waals surface area contributed by atoms with Crippen molar-refractivity contribution in [1.29, 1.82) is 0 Å². The van der Waals surface area contributed by atoms with Gasteiger partial charge >= 0.3 is 0 Å². The molecule has 25 heavy (non-hydrogen) atoms. The van der Waals surface area contributed by atoms with Crippen molar-refractivity contribution in [3.63, 3.8) is 0 Å². The first-order chi connectivity index (χ1) is 11.9. The number of sulfonamides is 1. The van der Waals surface area contributed by atoms with Crippen molar-refractivity contribution >= 4 is 15.8 Å². The highest BCUT2D eigenvalue weighted by atomic mass is 32.2. The number of nitrogens with zero attached hydrogens (tertiary/aromatic N) is 4. The fraction of sp³-hybridized carbons (Fsp3) is 0.412. The third kappa shape index (κ3) is 3.59. The molecule has 8 heteroatoms. The highest BCUT2D eigenvalue weighted by Crippen LogP contribution is 2.28. The molecule has 0 bridgehead atoms. The van der Waals surface area contributed by atoms with Gasteiger partial charge in [-0.05, 0) is 43.7 Å².